The first-order valence-corrected chi connectivity index (χ1v) is 9.78. The zero-order valence-corrected chi connectivity index (χ0v) is 17.1. The van der Waals surface area contributed by atoms with Gasteiger partial charge in [0.2, 0.25) is 0 Å². The highest BCUT2D eigenvalue weighted by Gasteiger charge is 2.35. The molecule has 1 saturated heterocycles. The van der Waals surface area contributed by atoms with Crippen molar-refractivity contribution in [3.63, 3.8) is 0 Å². The molecule has 0 aromatic heterocycles. The molecule has 2 amide bonds. The predicted octanol–water partition coefficient (Wildman–Crippen LogP) is 4.50. The number of nitriles is 1. The first-order valence-electron chi connectivity index (χ1n) is 8.17. The Hall–Kier alpha value is -3.16. The fourth-order valence-corrected chi connectivity index (χ4v) is 3.76. The van der Waals surface area contributed by atoms with E-state index in [4.69, 9.17) is 10.00 Å². The normalized spacial score (nSPS) is 14.9. The lowest BCUT2D eigenvalue weighted by atomic mass is 10.1. The molecule has 8 nitrogen and oxygen atoms in total. The zero-order valence-electron chi connectivity index (χ0n) is 14.7. The highest BCUT2D eigenvalue weighted by molar-refractivity contribution is 9.10. The number of carbonyl (C=O) groups excluding carboxylic acids is 2. The molecule has 3 rings (SSSR count). The molecule has 0 saturated carbocycles. The molecule has 29 heavy (non-hydrogen) atoms. The van der Waals surface area contributed by atoms with Gasteiger partial charge in [0.15, 0.2) is 6.61 Å². The number of nitro benzene ring substituents is 1. The van der Waals surface area contributed by atoms with Crippen LogP contribution in [0.2, 0.25) is 0 Å². The third kappa shape index (κ3) is 4.82. The number of ether oxygens (including phenoxy) is 1. The number of nitro groups is 1. The average molecular weight is 474 g/mol. The minimum absolute atomic E-state index is 0.0102. The van der Waals surface area contributed by atoms with Gasteiger partial charge in [0.1, 0.15) is 11.8 Å². The summed E-state index contributed by atoms with van der Waals surface area (Å²) >= 11 is 4.14. The standard InChI is InChI=1S/C19H12BrN3O5S/c20-14-3-6-16(28-8-7-21)13(9-14)10-17-18(24)22(19(25)29-17)11-12-1-4-15(5-2-12)23(26)27/h1-6,9-10H,8,11H2/b17-10-. The van der Waals surface area contributed by atoms with Gasteiger partial charge in [0.05, 0.1) is 16.4 Å². The monoisotopic (exact) mass is 473 g/mol. The summed E-state index contributed by atoms with van der Waals surface area (Å²) in [5.41, 5.74) is 1.08. The molecule has 1 aliphatic rings. The molecular formula is C19H12BrN3O5S. The fraction of sp³-hybridized carbons (Fsp3) is 0.105. The molecule has 0 unspecified atom stereocenters. The van der Waals surface area contributed by atoms with Gasteiger partial charge in [-0.05, 0) is 41.6 Å². The van der Waals surface area contributed by atoms with Gasteiger partial charge in [-0.2, -0.15) is 5.26 Å². The van der Waals surface area contributed by atoms with Crippen LogP contribution >= 0.6 is 27.7 Å². The Kier molecular flexibility index (Phi) is 6.31. The highest BCUT2D eigenvalue weighted by atomic mass is 79.9. The fourth-order valence-electron chi connectivity index (χ4n) is 2.56. The van der Waals surface area contributed by atoms with Crippen molar-refractivity contribution in [2.24, 2.45) is 0 Å². The summed E-state index contributed by atoms with van der Waals surface area (Å²) in [4.78, 5) is 36.6. The van der Waals surface area contributed by atoms with Crippen molar-refractivity contribution in [2.45, 2.75) is 6.54 Å². The molecule has 1 heterocycles. The van der Waals surface area contributed by atoms with Crippen LogP contribution in [-0.2, 0) is 11.3 Å². The van der Waals surface area contributed by atoms with Gasteiger partial charge in [-0.3, -0.25) is 24.6 Å². The number of hydrogen-bond donors (Lipinski definition) is 0. The smallest absolute Gasteiger partial charge is 0.293 e. The third-order valence-electron chi connectivity index (χ3n) is 3.91. The maximum Gasteiger partial charge on any atom is 0.293 e. The summed E-state index contributed by atoms with van der Waals surface area (Å²) in [5.74, 6) is -0.0542. The van der Waals surface area contributed by atoms with Gasteiger partial charge < -0.3 is 4.74 Å². The number of thioether (sulfide) groups is 1. The van der Waals surface area contributed by atoms with Gasteiger partial charge in [-0.1, -0.05) is 28.1 Å². The zero-order chi connectivity index (χ0) is 21.0. The summed E-state index contributed by atoms with van der Waals surface area (Å²) < 4.78 is 6.11. The van der Waals surface area contributed by atoms with Crippen molar-refractivity contribution in [3.05, 3.63) is 73.1 Å². The Morgan fingerprint density at radius 1 is 1.24 bits per heavy atom. The summed E-state index contributed by atoms with van der Waals surface area (Å²) in [7, 11) is 0. The van der Waals surface area contributed by atoms with Gasteiger partial charge in [-0.25, -0.2) is 0 Å². The molecule has 0 N–H and O–H groups in total. The van der Waals surface area contributed by atoms with Crippen molar-refractivity contribution in [2.75, 3.05) is 6.61 Å². The Balaban J connectivity index is 1.82. The molecule has 0 aliphatic carbocycles. The number of amides is 2. The van der Waals surface area contributed by atoms with Crippen molar-refractivity contribution in [1.82, 2.24) is 4.90 Å². The van der Waals surface area contributed by atoms with Crippen molar-refractivity contribution >= 4 is 50.6 Å². The summed E-state index contributed by atoms with van der Waals surface area (Å²) in [6.45, 7) is -0.139. The highest BCUT2D eigenvalue weighted by Crippen LogP contribution is 2.35. The van der Waals surface area contributed by atoms with Crippen LogP contribution in [0.5, 0.6) is 5.75 Å². The summed E-state index contributed by atoms with van der Waals surface area (Å²) in [6.07, 6.45) is 1.54. The molecule has 0 radical (unpaired) electrons. The number of rotatable bonds is 6. The van der Waals surface area contributed by atoms with Crippen LogP contribution in [0.4, 0.5) is 10.5 Å². The van der Waals surface area contributed by atoms with Crippen molar-refractivity contribution < 1.29 is 19.2 Å². The Labute approximate surface area is 178 Å². The van der Waals surface area contributed by atoms with Gasteiger partial charge >= 0.3 is 0 Å². The van der Waals surface area contributed by atoms with E-state index < -0.39 is 16.1 Å². The second kappa shape index (κ2) is 8.89. The number of nitrogens with zero attached hydrogens (tertiary/aromatic N) is 3. The third-order valence-corrected chi connectivity index (χ3v) is 5.31. The first kappa shape index (κ1) is 20.6. The van der Waals surface area contributed by atoms with Gasteiger partial charge in [0, 0.05) is 22.2 Å². The van der Waals surface area contributed by atoms with Gasteiger partial charge in [-0.15, -0.1) is 0 Å². The lowest BCUT2D eigenvalue weighted by Crippen LogP contribution is -2.27. The van der Waals surface area contributed by atoms with Crippen molar-refractivity contribution in [3.8, 4) is 11.8 Å². The van der Waals surface area contributed by atoms with Crippen LogP contribution in [0, 0.1) is 21.4 Å². The molecule has 10 heteroatoms. The quantitative estimate of drug-likeness (QED) is 0.344. The summed E-state index contributed by atoms with van der Waals surface area (Å²) in [5, 5.41) is 19.0. The summed E-state index contributed by atoms with van der Waals surface area (Å²) in [6, 6.07) is 12.7. The van der Waals surface area contributed by atoms with E-state index in [0.29, 0.717) is 16.9 Å². The number of imide groups is 1. The minimum atomic E-state index is -0.517. The molecule has 0 atom stereocenters. The topological polar surface area (TPSA) is 114 Å². The molecule has 1 aliphatic heterocycles. The van der Waals surface area contributed by atoms with Crippen LogP contribution in [-0.4, -0.2) is 27.6 Å². The second-order valence-corrected chi connectivity index (χ2v) is 7.73. The minimum Gasteiger partial charge on any atom is -0.478 e. The number of carbonyl (C=O) groups is 2. The number of non-ortho nitro benzene ring substituents is 1. The largest absolute Gasteiger partial charge is 0.478 e. The van der Waals surface area contributed by atoms with Crippen LogP contribution < -0.4 is 4.74 Å². The van der Waals surface area contributed by atoms with E-state index in [2.05, 4.69) is 15.9 Å². The van der Waals surface area contributed by atoms with E-state index >= 15 is 0 Å². The van der Waals surface area contributed by atoms with Crippen LogP contribution in [0.15, 0.2) is 51.8 Å². The maximum atomic E-state index is 12.7. The first-order chi connectivity index (χ1) is 13.9. The van der Waals surface area contributed by atoms with E-state index in [1.165, 1.54) is 30.3 Å². The Morgan fingerprint density at radius 3 is 2.62 bits per heavy atom. The van der Waals surface area contributed by atoms with E-state index in [1.54, 1.807) is 18.2 Å². The molecule has 146 valence electrons. The number of halogens is 1. The molecular weight excluding hydrogens is 462 g/mol. The average Bonchev–Trinajstić information content (AvgIpc) is 2.95. The second-order valence-electron chi connectivity index (χ2n) is 5.82. The van der Waals surface area contributed by atoms with Crippen LogP contribution in [0.3, 0.4) is 0 Å². The maximum absolute atomic E-state index is 12.7. The van der Waals surface area contributed by atoms with Crippen LogP contribution in [0.1, 0.15) is 11.1 Å². The van der Waals surface area contributed by atoms with Gasteiger partial charge in [0.25, 0.3) is 16.8 Å². The van der Waals surface area contributed by atoms with E-state index in [1.807, 2.05) is 6.07 Å². The Bertz CT molecular complexity index is 1060. The van der Waals surface area contributed by atoms with E-state index in [9.17, 15) is 19.7 Å². The predicted molar refractivity (Wildman–Crippen MR) is 110 cm³/mol. The Morgan fingerprint density at radius 2 is 1.97 bits per heavy atom. The van der Waals surface area contributed by atoms with Crippen molar-refractivity contribution in [1.29, 1.82) is 5.26 Å². The van der Waals surface area contributed by atoms with E-state index in [0.717, 1.165) is 21.1 Å². The van der Waals surface area contributed by atoms with Crippen LogP contribution in [0.25, 0.3) is 6.08 Å². The number of benzene rings is 2. The lowest BCUT2D eigenvalue weighted by Gasteiger charge is -2.12. The molecule has 2 aromatic carbocycles. The number of hydrogen-bond acceptors (Lipinski definition) is 7. The SMILES string of the molecule is N#CCOc1ccc(Br)cc1/C=C1\SC(=O)N(Cc2ccc([N+](=O)[O-])cc2)C1=O. The lowest BCUT2D eigenvalue weighted by molar-refractivity contribution is -0.384. The van der Waals surface area contributed by atoms with E-state index in [-0.39, 0.29) is 23.7 Å². The molecule has 2 aromatic rings. The molecule has 1 fully saturated rings. The molecule has 0 spiro atoms. The molecule has 0 bridgehead atoms.